The molecular weight excluding hydrogens is 428 g/mol. The average molecular weight is 453 g/mol. The van der Waals surface area contributed by atoms with E-state index in [1.807, 2.05) is 38.2 Å². The molecule has 3 heterocycles. The molecule has 1 aromatic carbocycles. The number of nitrogens with one attached hydrogen (secondary N) is 1. The number of hydrogen-bond acceptors (Lipinski definition) is 6. The maximum absolute atomic E-state index is 12.6. The maximum Gasteiger partial charge on any atom is 0.235 e. The number of rotatable bonds is 7. The molecule has 4 rings (SSSR count). The molecule has 1 saturated heterocycles. The van der Waals surface area contributed by atoms with Crippen molar-refractivity contribution in [3.63, 3.8) is 0 Å². The van der Waals surface area contributed by atoms with Crippen LogP contribution in [0, 0.1) is 25.2 Å². The summed E-state index contributed by atoms with van der Waals surface area (Å²) in [6.07, 6.45) is 4.14. The minimum atomic E-state index is -0.143. The van der Waals surface area contributed by atoms with Crippen LogP contribution in [0.1, 0.15) is 28.8 Å². The summed E-state index contributed by atoms with van der Waals surface area (Å²) in [5.74, 6) is 0.0770. The van der Waals surface area contributed by atoms with Gasteiger partial charge in [-0.3, -0.25) is 4.79 Å². The maximum atomic E-state index is 12.6. The Hall–Kier alpha value is -2.60. The minimum Gasteiger partial charge on any atom is -0.376 e. The van der Waals surface area contributed by atoms with Crippen molar-refractivity contribution in [1.29, 1.82) is 5.26 Å². The summed E-state index contributed by atoms with van der Waals surface area (Å²) in [6, 6.07) is 12.3. The van der Waals surface area contributed by atoms with Crippen LogP contribution >= 0.6 is 23.1 Å². The van der Waals surface area contributed by atoms with Gasteiger partial charge in [0.05, 0.1) is 35.9 Å². The van der Waals surface area contributed by atoms with Crippen molar-refractivity contribution in [1.82, 2.24) is 9.55 Å². The number of benzene rings is 1. The molecule has 1 atom stereocenters. The number of imidazole rings is 1. The summed E-state index contributed by atoms with van der Waals surface area (Å²) in [4.78, 5) is 18.3. The molecule has 1 amide bonds. The fourth-order valence-electron chi connectivity index (χ4n) is 3.62. The zero-order valence-corrected chi connectivity index (χ0v) is 19.2. The quantitative estimate of drug-likeness (QED) is 0.510. The van der Waals surface area contributed by atoms with Crippen molar-refractivity contribution in [2.45, 2.75) is 44.5 Å². The number of amides is 1. The molecule has 0 aliphatic carbocycles. The van der Waals surface area contributed by atoms with Gasteiger partial charge in [0, 0.05) is 11.5 Å². The van der Waals surface area contributed by atoms with Gasteiger partial charge in [-0.15, -0.1) is 11.3 Å². The van der Waals surface area contributed by atoms with Crippen LogP contribution in [-0.2, 0) is 16.1 Å². The first kappa shape index (κ1) is 21.6. The highest BCUT2D eigenvalue weighted by atomic mass is 32.2. The van der Waals surface area contributed by atoms with Gasteiger partial charge >= 0.3 is 0 Å². The zero-order chi connectivity index (χ0) is 21.8. The summed E-state index contributed by atoms with van der Waals surface area (Å²) >= 11 is 2.84. The van der Waals surface area contributed by atoms with Crippen molar-refractivity contribution in [3.05, 3.63) is 52.5 Å². The molecule has 1 N–H and O–H groups in total. The highest BCUT2D eigenvalue weighted by Gasteiger charge is 2.21. The molecule has 6 nitrogen and oxygen atoms in total. The molecule has 1 aliphatic heterocycles. The molecule has 0 spiro atoms. The van der Waals surface area contributed by atoms with Gasteiger partial charge in [0.2, 0.25) is 5.91 Å². The normalized spacial score (nSPS) is 15.7. The van der Waals surface area contributed by atoms with E-state index in [0.29, 0.717) is 10.6 Å². The fraction of sp³-hybridized carbons (Fsp3) is 0.348. The zero-order valence-electron chi connectivity index (χ0n) is 17.6. The second kappa shape index (κ2) is 9.69. The third-order valence-corrected chi connectivity index (χ3v) is 7.49. The summed E-state index contributed by atoms with van der Waals surface area (Å²) in [6.45, 7) is 5.38. The lowest BCUT2D eigenvalue weighted by Crippen LogP contribution is -2.18. The molecule has 160 valence electrons. The van der Waals surface area contributed by atoms with Crippen molar-refractivity contribution in [3.8, 4) is 17.3 Å². The van der Waals surface area contributed by atoms with Crippen LogP contribution in [0.2, 0.25) is 0 Å². The van der Waals surface area contributed by atoms with Gasteiger partial charge in [0.25, 0.3) is 0 Å². The second-order valence-electron chi connectivity index (χ2n) is 7.47. The third-order valence-electron chi connectivity index (χ3n) is 5.38. The topological polar surface area (TPSA) is 79.9 Å². The lowest BCUT2D eigenvalue weighted by molar-refractivity contribution is -0.113. The Morgan fingerprint density at radius 2 is 2.19 bits per heavy atom. The number of aromatic nitrogens is 2. The lowest BCUT2D eigenvalue weighted by Gasteiger charge is -2.16. The van der Waals surface area contributed by atoms with E-state index in [1.54, 1.807) is 0 Å². The van der Waals surface area contributed by atoms with Crippen LogP contribution in [0.5, 0.6) is 0 Å². The highest BCUT2D eigenvalue weighted by molar-refractivity contribution is 7.99. The Kier molecular flexibility index (Phi) is 6.76. The van der Waals surface area contributed by atoms with E-state index in [9.17, 15) is 10.1 Å². The number of aryl methyl sites for hydroxylation is 1. The van der Waals surface area contributed by atoms with Crippen LogP contribution < -0.4 is 5.32 Å². The van der Waals surface area contributed by atoms with Gasteiger partial charge in [-0.05, 0) is 37.8 Å². The number of thiophene rings is 1. The first-order valence-electron chi connectivity index (χ1n) is 10.2. The molecule has 0 radical (unpaired) electrons. The number of ether oxygens (including phenoxy) is 1. The van der Waals surface area contributed by atoms with E-state index >= 15 is 0 Å². The third kappa shape index (κ3) is 4.85. The fourth-order valence-corrected chi connectivity index (χ4v) is 5.44. The number of carbonyl (C=O) groups excluding carboxylic acids is 1. The first-order chi connectivity index (χ1) is 15.1. The van der Waals surface area contributed by atoms with E-state index in [4.69, 9.17) is 4.74 Å². The van der Waals surface area contributed by atoms with Gasteiger partial charge in [0.1, 0.15) is 11.1 Å². The average Bonchev–Trinajstić information content (AvgIpc) is 3.49. The summed E-state index contributed by atoms with van der Waals surface area (Å²) in [5, 5.41) is 13.7. The smallest absolute Gasteiger partial charge is 0.235 e. The van der Waals surface area contributed by atoms with E-state index in [1.165, 1.54) is 23.1 Å². The van der Waals surface area contributed by atoms with E-state index in [2.05, 4.69) is 33.1 Å². The van der Waals surface area contributed by atoms with Crippen molar-refractivity contribution >= 4 is 34.0 Å². The Balaban J connectivity index is 1.50. The molecule has 2 aromatic heterocycles. The number of thioether (sulfide) groups is 1. The summed E-state index contributed by atoms with van der Waals surface area (Å²) < 4.78 is 8.01. The number of carbonyl (C=O) groups is 1. The Morgan fingerprint density at radius 1 is 1.39 bits per heavy atom. The van der Waals surface area contributed by atoms with Gasteiger partial charge in [-0.1, -0.05) is 42.1 Å². The number of nitriles is 1. The summed E-state index contributed by atoms with van der Waals surface area (Å²) in [7, 11) is 0. The lowest BCUT2D eigenvalue weighted by atomic mass is 10.1. The molecule has 0 unspecified atom stereocenters. The van der Waals surface area contributed by atoms with Crippen molar-refractivity contribution in [2.24, 2.45) is 0 Å². The largest absolute Gasteiger partial charge is 0.376 e. The molecule has 31 heavy (non-hydrogen) atoms. The SMILES string of the molecule is Cc1sc(NC(=O)CSc2ncc(-c3ccccc3)n2C[C@H]2CCCO2)c(C#N)c1C. The highest BCUT2D eigenvalue weighted by Crippen LogP contribution is 2.32. The second-order valence-corrected chi connectivity index (χ2v) is 9.64. The van der Waals surface area contributed by atoms with Crippen molar-refractivity contribution in [2.75, 3.05) is 17.7 Å². The number of anilines is 1. The molecule has 3 aromatic rings. The van der Waals surface area contributed by atoms with E-state index in [0.717, 1.165) is 52.8 Å². The van der Waals surface area contributed by atoms with Gasteiger partial charge in [-0.2, -0.15) is 5.26 Å². The van der Waals surface area contributed by atoms with Gasteiger partial charge in [0.15, 0.2) is 5.16 Å². The molecule has 8 heteroatoms. The van der Waals surface area contributed by atoms with Crippen LogP contribution in [0.4, 0.5) is 5.00 Å². The molecular formula is C23H24N4O2S2. The number of hydrogen-bond donors (Lipinski definition) is 1. The van der Waals surface area contributed by atoms with Crippen molar-refractivity contribution < 1.29 is 9.53 Å². The molecule has 0 bridgehead atoms. The first-order valence-corrected chi connectivity index (χ1v) is 12.0. The van der Waals surface area contributed by atoms with Gasteiger partial charge in [-0.25, -0.2) is 4.98 Å². The van der Waals surface area contributed by atoms with E-state index in [-0.39, 0.29) is 17.8 Å². The van der Waals surface area contributed by atoms with Crippen LogP contribution in [0.15, 0.2) is 41.7 Å². The summed E-state index contributed by atoms with van der Waals surface area (Å²) in [5.41, 5.74) is 3.59. The van der Waals surface area contributed by atoms with E-state index < -0.39 is 0 Å². The van der Waals surface area contributed by atoms with Gasteiger partial charge < -0.3 is 14.6 Å². The Labute approximate surface area is 190 Å². The monoisotopic (exact) mass is 452 g/mol. The molecule has 0 saturated carbocycles. The standard InChI is InChI=1S/C23H24N4O2S2/c1-15-16(2)31-22(19(15)11-24)26-21(28)14-30-23-25-12-20(17-7-4-3-5-8-17)27(23)13-18-9-6-10-29-18/h3-5,7-8,12,18H,6,9-10,13-14H2,1-2H3,(H,26,28)/t18-/m1/s1. The minimum absolute atomic E-state index is 0.143. The molecule has 1 fully saturated rings. The predicted octanol–water partition coefficient (Wildman–Crippen LogP) is 5.01. The van der Waals surface area contributed by atoms with Crippen LogP contribution in [-0.4, -0.2) is 33.9 Å². The Morgan fingerprint density at radius 3 is 2.90 bits per heavy atom. The predicted molar refractivity (Wildman–Crippen MR) is 124 cm³/mol. The number of nitrogens with zero attached hydrogens (tertiary/aromatic N) is 3. The Bertz CT molecular complexity index is 1110. The molecule has 1 aliphatic rings. The van der Waals surface area contributed by atoms with Crippen LogP contribution in [0.3, 0.4) is 0 Å². The van der Waals surface area contributed by atoms with Crippen LogP contribution in [0.25, 0.3) is 11.3 Å².